The van der Waals surface area contributed by atoms with Gasteiger partial charge in [-0.25, -0.2) is 0 Å². The summed E-state index contributed by atoms with van der Waals surface area (Å²) in [5.74, 6) is 1.10. The summed E-state index contributed by atoms with van der Waals surface area (Å²) in [6.07, 6.45) is 0.878. The maximum absolute atomic E-state index is 10.8. The molecule has 0 heterocycles. The number of carbonyl (C=O) groups is 1. The van der Waals surface area contributed by atoms with Gasteiger partial charge in [-0.15, -0.1) is 0 Å². The molecular formula is C14H21NO2. The number of aryl methyl sites for hydroxylation is 2. The fourth-order valence-corrected chi connectivity index (χ4v) is 1.94. The lowest BCUT2D eigenvalue weighted by atomic mass is 10.0. The van der Waals surface area contributed by atoms with Crippen molar-refractivity contribution in [2.75, 3.05) is 20.2 Å². The molecular weight excluding hydrogens is 214 g/mol. The molecule has 1 N–H and O–H groups in total. The fraction of sp³-hybridized carbons (Fsp3) is 0.500. The van der Waals surface area contributed by atoms with Gasteiger partial charge in [0.2, 0.25) is 0 Å². The maximum Gasteiger partial charge on any atom is 0.143 e. The molecule has 3 heteroatoms. The lowest BCUT2D eigenvalue weighted by Crippen LogP contribution is -2.23. The smallest absolute Gasteiger partial charge is 0.143 e. The van der Waals surface area contributed by atoms with E-state index in [9.17, 15) is 4.79 Å². The third-order valence-corrected chi connectivity index (χ3v) is 2.72. The second kappa shape index (κ2) is 6.40. The van der Waals surface area contributed by atoms with Crippen LogP contribution in [0.2, 0.25) is 0 Å². The highest BCUT2D eigenvalue weighted by molar-refractivity contribution is 5.77. The van der Waals surface area contributed by atoms with Gasteiger partial charge in [-0.05, 0) is 56.5 Å². The molecule has 0 amide bonds. The minimum absolute atomic E-state index is 0.164. The van der Waals surface area contributed by atoms with E-state index in [4.69, 9.17) is 4.74 Å². The summed E-state index contributed by atoms with van der Waals surface area (Å²) in [4.78, 5) is 10.8. The summed E-state index contributed by atoms with van der Waals surface area (Å²) >= 11 is 0. The monoisotopic (exact) mass is 235 g/mol. The molecule has 94 valence electrons. The standard InChI is InChI=1S/C14H21NO2/c1-10-7-11(2)13(14(8-10)17-4)5-6-15-9-12(3)16/h7-8,15H,5-6,9H2,1-4H3. The third kappa shape index (κ3) is 4.19. The molecule has 0 aliphatic heterocycles. The van der Waals surface area contributed by atoms with Crippen LogP contribution < -0.4 is 10.1 Å². The summed E-state index contributed by atoms with van der Waals surface area (Å²) < 4.78 is 5.39. The van der Waals surface area contributed by atoms with Crippen LogP contribution >= 0.6 is 0 Å². The Labute approximate surface area is 103 Å². The van der Waals surface area contributed by atoms with Crippen molar-refractivity contribution in [3.8, 4) is 5.75 Å². The van der Waals surface area contributed by atoms with Crippen molar-refractivity contribution in [2.24, 2.45) is 0 Å². The van der Waals surface area contributed by atoms with E-state index in [0.29, 0.717) is 6.54 Å². The van der Waals surface area contributed by atoms with Crippen molar-refractivity contribution in [1.29, 1.82) is 0 Å². The molecule has 0 radical (unpaired) electrons. The minimum atomic E-state index is 0.164. The molecule has 0 unspecified atom stereocenters. The van der Waals surface area contributed by atoms with E-state index in [2.05, 4.69) is 25.2 Å². The van der Waals surface area contributed by atoms with Crippen LogP contribution in [-0.2, 0) is 11.2 Å². The van der Waals surface area contributed by atoms with Gasteiger partial charge >= 0.3 is 0 Å². The molecule has 17 heavy (non-hydrogen) atoms. The predicted octanol–water partition coefficient (Wildman–Crippen LogP) is 2.03. The molecule has 0 aliphatic carbocycles. The highest BCUT2D eigenvalue weighted by atomic mass is 16.5. The maximum atomic E-state index is 10.8. The Morgan fingerprint density at radius 3 is 2.65 bits per heavy atom. The average Bonchev–Trinajstić information content (AvgIpc) is 2.25. The molecule has 1 aromatic rings. The number of rotatable bonds is 6. The van der Waals surface area contributed by atoms with Gasteiger partial charge in [0.1, 0.15) is 11.5 Å². The van der Waals surface area contributed by atoms with Crippen molar-refractivity contribution < 1.29 is 9.53 Å². The fourth-order valence-electron chi connectivity index (χ4n) is 1.94. The molecule has 0 aliphatic rings. The van der Waals surface area contributed by atoms with Crippen LogP contribution in [0, 0.1) is 13.8 Å². The number of hydrogen-bond acceptors (Lipinski definition) is 3. The first kappa shape index (κ1) is 13.7. The molecule has 0 bridgehead atoms. The van der Waals surface area contributed by atoms with Crippen molar-refractivity contribution in [3.63, 3.8) is 0 Å². The van der Waals surface area contributed by atoms with Gasteiger partial charge in [0.25, 0.3) is 0 Å². The lowest BCUT2D eigenvalue weighted by molar-refractivity contribution is -0.116. The van der Waals surface area contributed by atoms with Crippen LogP contribution in [0.25, 0.3) is 0 Å². The summed E-state index contributed by atoms with van der Waals surface area (Å²) in [6.45, 7) is 6.97. The lowest BCUT2D eigenvalue weighted by Gasteiger charge is -2.13. The SMILES string of the molecule is COc1cc(C)cc(C)c1CCNCC(C)=O. The van der Waals surface area contributed by atoms with Crippen LogP contribution in [0.4, 0.5) is 0 Å². The van der Waals surface area contributed by atoms with Crippen LogP contribution in [-0.4, -0.2) is 26.0 Å². The van der Waals surface area contributed by atoms with Gasteiger partial charge in [0, 0.05) is 0 Å². The van der Waals surface area contributed by atoms with Gasteiger partial charge in [0.05, 0.1) is 13.7 Å². The van der Waals surface area contributed by atoms with E-state index in [1.54, 1.807) is 14.0 Å². The van der Waals surface area contributed by atoms with Crippen LogP contribution in [0.1, 0.15) is 23.6 Å². The first-order valence-corrected chi connectivity index (χ1v) is 5.89. The number of carbonyl (C=O) groups excluding carboxylic acids is 1. The Hall–Kier alpha value is -1.35. The molecule has 0 atom stereocenters. The van der Waals surface area contributed by atoms with Crippen molar-refractivity contribution in [3.05, 3.63) is 28.8 Å². The van der Waals surface area contributed by atoms with Gasteiger partial charge in [-0.1, -0.05) is 6.07 Å². The topological polar surface area (TPSA) is 38.3 Å². The number of ether oxygens (including phenoxy) is 1. The Balaban J connectivity index is 2.66. The minimum Gasteiger partial charge on any atom is -0.496 e. The van der Waals surface area contributed by atoms with Crippen LogP contribution in [0.15, 0.2) is 12.1 Å². The Morgan fingerprint density at radius 1 is 1.35 bits per heavy atom. The molecule has 0 spiro atoms. The zero-order valence-corrected chi connectivity index (χ0v) is 11.1. The summed E-state index contributed by atoms with van der Waals surface area (Å²) in [5, 5.41) is 3.12. The molecule has 1 aromatic carbocycles. The largest absolute Gasteiger partial charge is 0.496 e. The number of benzene rings is 1. The third-order valence-electron chi connectivity index (χ3n) is 2.72. The average molecular weight is 235 g/mol. The molecule has 0 saturated carbocycles. The van der Waals surface area contributed by atoms with E-state index in [-0.39, 0.29) is 5.78 Å². The predicted molar refractivity (Wildman–Crippen MR) is 69.7 cm³/mol. The molecule has 3 nitrogen and oxygen atoms in total. The van der Waals surface area contributed by atoms with Gasteiger partial charge in [0.15, 0.2) is 0 Å². The van der Waals surface area contributed by atoms with Crippen molar-refractivity contribution in [1.82, 2.24) is 5.32 Å². The highest BCUT2D eigenvalue weighted by Crippen LogP contribution is 2.24. The van der Waals surface area contributed by atoms with E-state index >= 15 is 0 Å². The van der Waals surface area contributed by atoms with E-state index in [1.807, 2.05) is 6.07 Å². The van der Waals surface area contributed by atoms with E-state index in [0.717, 1.165) is 18.7 Å². The number of Topliss-reactive ketones (excluding diaryl/α,β-unsaturated/α-hetero) is 1. The second-order valence-corrected chi connectivity index (χ2v) is 4.39. The number of ketones is 1. The number of hydrogen-bond donors (Lipinski definition) is 1. The first-order valence-electron chi connectivity index (χ1n) is 5.89. The molecule has 0 fully saturated rings. The molecule has 1 rings (SSSR count). The Kier molecular flexibility index (Phi) is 5.16. The zero-order valence-electron chi connectivity index (χ0n) is 11.1. The Bertz CT molecular complexity index is 399. The Morgan fingerprint density at radius 2 is 2.06 bits per heavy atom. The van der Waals surface area contributed by atoms with Gasteiger partial charge in [-0.2, -0.15) is 0 Å². The highest BCUT2D eigenvalue weighted by Gasteiger charge is 2.07. The number of nitrogens with one attached hydrogen (secondary N) is 1. The molecule has 0 saturated heterocycles. The van der Waals surface area contributed by atoms with Crippen molar-refractivity contribution in [2.45, 2.75) is 27.2 Å². The summed E-state index contributed by atoms with van der Waals surface area (Å²) in [6, 6.07) is 4.20. The molecule has 0 aromatic heterocycles. The number of methoxy groups -OCH3 is 1. The van der Waals surface area contributed by atoms with E-state index in [1.165, 1.54) is 16.7 Å². The summed E-state index contributed by atoms with van der Waals surface area (Å²) in [5.41, 5.74) is 3.67. The van der Waals surface area contributed by atoms with Crippen LogP contribution in [0.5, 0.6) is 5.75 Å². The first-order chi connectivity index (χ1) is 8.04. The zero-order chi connectivity index (χ0) is 12.8. The normalized spacial score (nSPS) is 10.4. The van der Waals surface area contributed by atoms with E-state index < -0.39 is 0 Å². The van der Waals surface area contributed by atoms with Gasteiger partial charge < -0.3 is 10.1 Å². The van der Waals surface area contributed by atoms with Crippen LogP contribution in [0.3, 0.4) is 0 Å². The quantitative estimate of drug-likeness (QED) is 0.767. The second-order valence-electron chi connectivity index (χ2n) is 4.39. The van der Waals surface area contributed by atoms with Gasteiger partial charge in [-0.3, -0.25) is 4.79 Å². The van der Waals surface area contributed by atoms with Crippen molar-refractivity contribution >= 4 is 5.78 Å². The summed E-state index contributed by atoms with van der Waals surface area (Å²) in [7, 11) is 1.70.